The van der Waals surface area contributed by atoms with Crippen LogP contribution < -0.4 is 5.06 Å². The van der Waals surface area contributed by atoms with E-state index in [1.807, 2.05) is 13.0 Å². The van der Waals surface area contributed by atoms with Gasteiger partial charge < -0.3 is 9.05 Å². The number of carbonyl (C=O) groups is 2. The van der Waals surface area contributed by atoms with Crippen molar-refractivity contribution in [3.63, 3.8) is 0 Å². The minimum Gasteiger partial charge on any atom is -0.309 e. The minimum absolute atomic E-state index is 0.133. The standard InChI is InChI=1S/C15H22NO6P/c1-4-21-23(20,22-5-2)11-14(17)10-15(18)16(19)13-8-6-7-12(3)9-13/h6-9,19H,4-5,10-11H2,1-3H3. The Morgan fingerprint density at radius 3 is 2.35 bits per heavy atom. The van der Waals surface area contributed by atoms with Gasteiger partial charge in [0, 0.05) is 0 Å². The second-order valence-corrected chi connectivity index (χ2v) is 6.92. The molecule has 0 aliphatic carbocycles. The predicted molar refractivity (Wildman–Crippen MR) is 85.8 cm³/mol. The smallest absolute Gasteiger partial charge is 0.309 e. The van der Waals surface area contributed by atoms with Crippen molar-refractivity contribution < 1.29 is 28.4 Å². The highest BCUT2D eigenvalue weighted by Gasteiger charge is 2.29. The number of aryl methyl sites for hydroxylation is 1. The minimum atomic E-state index is -3.54. The number of hydrogen-bond donors (Lipinski definition) is 1. The summed E-state index contributed by atoms with van der Waals surface area (Å²) in [7, 11) is -3.54. The van der Waals surface area contributed by atoms with Gasteiger partial charge in [-0.2, -0.15) is 5.06 Å². The van der Waals surface area contributed by atoms with E-state index in [2.05, 4.69) is 0 Å². The van der Waals surface area contributed by atoms with Crippen molar-refractivity contribution in [2.45, 2.75) is 27.2 Å². The van der Waals surface area contributed by atoms with E-state index in [0.29, 0.717) is 5.06 Å². The molecular weight excluding hydrogens is 321 g/mol. The van der Waals surface area contributed by atoms with Crippen LogP contribution in [-0.2, 0) is 23.2 Å². The van der Waals surface area contributed by atoms with E-state index in [-0.39, 0.29) is 18.9 Å². The molecule has 0 spiro atoms. The van der Waals surface area contributed by atoms with E-state index >= 15 is 0 Å². The van der Waals surface area contributed by atoms with E-state index in [4.69, 9.17) is 9.05 Å². The normalized spacial score (nSPS) is 11.3. The molecule has 0 radical (unpaired) electrons. The molecule has 1 amide bonds. The molecule has 1 N–H and O–H groups in total. The Bertz CT molecular complexity index is 593. The van der Waals surface area contributed by atoms with Gasteiger partial charge in [0.15, 0.2) is 5.78 Å². The van der Waals surface area contributed by atoms with E-state index < -0.39 is 31.9 Å². The SMILES string of the molecule is CCOP(=O)(CC(=O)CC(=O)N(O)c1cccc(C)c1)OCC. The van der Waals surface area contributed by atoms with Gasteiger partial charge in [-0.15, -0.1) is 0 Å². The molecule has 23 heavy (non-hydrogen) atoms. The lowest BCUT2D eigenvalue weighted by Gasteiger charge is -2.17. The average molecular weight is 343 g/mol. The molecule has 1 aromatic rings. The fourth-order valence-corrected chi connectivity index (χ4v) is 3.53. The molecule has 0 heterocycles. The Hall–Kier alpha value is -1.53. The Balaban J connectivity index is 2.69. The molecule has 0 bridgehead atoms. The number of hydrogen-bond acceptors (Lipinski definition) is 6. The Kier molecular flexibility index (Phi) is 7.58. The summed E-state index contributed by atoms with van der Waals surface area (Å²) in [6, 6.07) is 6.64. The molecule has 0 fully saturated rings. The number of ketones is 1. The topological polar surface area (TPSA) is 93.1 Å². The van der Waals surface area contributed by atoms with E-state index in [9.17, 15) is 19.4 Å². The van der Waals surface area contributed by atoms with Gasteiger partial charge in [0.05, 0.1) is 25.3 Å². The van der Waals surface area contributed by atoms with E-state index in [1.54, 1.807) is 32.0 Å². The van der Waals surface area contributed by atoms with Crippen molar-refractivity contribution in [2.75, 3.05) is 24.4 Å². The fraction of sp³-hybridized carbons (Fsp3) is 0.467. The number of carbonyl (C=O) groups excluding carboxylic acids is 2. The Labute approximate surface area is 135 Å². The molecular formula is C15H22NO6P. The Morgan fingerprint density at radius 1 is 1.22 bits per heavy atom. The lowest BCUT2D eigenvalue weighted by Crippen LogP contribution is -2.30. The maximum Gasteiger partial charge on any atom is 0.338 e. The van der Waals surface area contributed by atoms with Crippen LogP contribution in [0.5, 0.6) is 0 Å². The number of benzene rings is 1. The van der Waals surface area contributed by atoms with Crippen LogP contribution in [0, 0.1) is 6.92 Å². The second-order valence-electron chi connectivity index (χ2n) is 4.86. The highest BCUT2D eigenvalue weighted by Crippen LogP contribution is 2.47. The number of nitrogens with zero attached hydrogens (tertiary/aromatic N) is 1. The molecule has 7 nitrogen and oxygen atoms in total. The third-order valence-corrected chi connectivity index (χ3v) is 4.90. The van der Waals surface area contributed by atoms with Crippen LogP contribution in [0.3, 0.4) is 0 Å². The molecule has 0 saturated carbocycles. The largest absolute Gasteiger partial charge is 0.338 e. The maximum absolute atomic E-state index is 12.2. The van der Waals surface area contributed by atoms with Gasteiger partial charge in [-0.3, -0.25) is 19.4 Å². The summed E-state index contributed by atoms with van der Waals surface area (Å²) in [4.78, 5) is 23.9. The summed E-state index contributed by atoms with van der Waals surface area (Å²) in [5, 5.41) is 10.3. The lowest BCUT2D eigenvalue weighted by atomic mass is 10.2. The molecule has 128 valence electrons. The average Bonchev–Trinajstić information content (AvgIpc) is 2.46. The molecule has 0 aliphatic heterocycles. The summed E-state index contributed by atoms with van der Waals surface area (Å²) in [5.74, 6) is -1.42. The van der Waals surface area contributed by atoms with Crippen LogP contribution in [0.15, 0.2) is 24.3 Å². The third kappa shape index (κ3) is 6.23. The number of hydroxylamine groups is 1. The van der Waals surface area contributed by atoms with Gasteiger partial charge in [-0.1, -0.05) is 12.1 Å². The second kappa shape index (κ2) is 8.93. The number of anilines is 1. The van der Waals surface area contributed by atoms with E-state index in [1.165, 1.54) is 0 Å². The summed E-state index contributed by atoms with van der Waals surface area (Å²) in [6.07, 6.45) is -1.09. The van der Waals surface area contributed by atoms with Gasteiger partial charge in [-0.25, -0.2) is 0 Å². The van der Waals surface area contributed by atoms with Crippen LogP contribution in [0.25, 0.3) is 0 Å². The molecule has 0 atom stereocenters. The quantitative estimate of drug-likeness (QED) is 0.321. The zero-order valence-corrected chi connectivity index (χ0v) is 14.4. The fourth-order valence-electron chi connectivity index (χ4n) is 1.94. The molecule has 0 unspecified atom stereocenters. The van der Waals surface area contributed by atoms with Gasteiger partial charge in [0.1, 0.15) is 6.16 Å². The molecule has 1 rings (SSSR count). The molecule has 0 saturated heterocycles. The zero-order valence-electron chi connectivity index (χ0n) is 13.5. The first-order valence-corrected chi connectivity index (χ1v) is 9.02. The zero-order chi connectivity index (χ0) is 17.5. The van der Waals surface area contributed by atoms with Crippen LogP contribution in [0.1, 0.15) is 25.8 Å². The van der Waals surface area contributed by atoms with Gasteiger partial charge >= 0.3 is 7.60 Å². The molecule has 0 aromatic heterocycles. The van der Waals surface area contributed by atoms with Gasteiger partial charge in [-0.05, 0) is 38.5 Å². The number of rotatable bonds is 9. The highest BCUT2D eigenvalue weighted by molar-refractivity contribution is 7.54. The summed E-state index contributed by atoms with van der Waals surface area (Å²) in [5.41, 5.74) is 1.12. The van der Waals surface area contributed by atoms with Crippen molar-refractivity contribution in [1.82, 2.24) is 0 Å². The Morgan fingerprint density at radius 2 is 1.83 bits per heavy atom. The van der Waals surface area contributed by atoms with Gasteiger partial charge in [0.25, 0.3) is 5.91 Å². The van der Waals surface area contributed by atoms with Crippen LogP contribution >= 0.6 is 7.60 Å². The van der Waals surface area contributed by atoms with E-state index in [0.717, 1.165) is 5.56 Å². The summed E-state index contributed by atoms with van der Waals surface area (Å²) < 4.78 is 22.3. The molecule has 1 aromatic carbocycles. The lowest BCUT2D eigenvalue weighted by molar-refractivity contribution is -0.128. The summed E-state index contributed by atoms with van der Waals surface area (Å²) >= 11 is 0. The van der Waals surface area contributed by atoms with Crippen molar-refractivity contribution in [2.24, 2.45) is 0 Å². The van der Waals surface area contributed by atoms with Gasteiger partial charge in [0.2, 0.25) is 0 Å². The third-order valence-electron chi connectivity index (χ3n) is 2.85. The molecule has 0 aliphatic rings. The highest BCUT2D eigenvalue weighted by atomic mass is 31.2. The number of amides is 1. The van der Waals surface area contributed by atoms with Crippen molar-refractivity contribution in [3.8, 4) is 0 Å². The van der Waals surface area contributed by atoms with Crippen LogP contribution in [-0.4, -0.2) is 36.3 Å². The molecule has 8 heteroatoms. The van der Waals surface area contributed by atoms with Crippen molar-refractivity contribution in [1.29, 1.82) is 0 Å². The van der Waals surface area contributed by atoms with Crippen LogP contribution in [0.2, 0.25) is 0 Å². The first kappa shape index (κ1) is 19.5. The first-order valence-electron chi connectivity index (χ1n) is 7.29. The van der Waals surface area contributed by atoms with Crippen LogP contribution in [0.4, 0.5) is 5.69 Å². The summed E-state index contributed by atoms with van der Waals surface area (Å²) in [6.45, 7) is 5.35. The number of Topliss-reactive ketones (excluding diaryl/α,β-unsaturated/α-hetero) is 1. The first-order chi connectivity index (χ1) is 10.8. The predicted octanol–water partition coefficient (Wildman–Crippen LogP) is 2.94. The maximum atomic E-state index is 12.2. The monoisotopic (exact) mass is 343 g/mol. The van der Waals surface area contributed by atoms with Crippen molar-refractivity contribution in [3.05, 3.63) is 29.8 Å². The van der Waals surface area contributed by atoms with Crippen molar-refractivity contribution >= 4 is 25.0 Å².